The van der Waals surface area contributed by atoms with Gasteiger partial charge in [-0.15, -0.1) is 0 Å². The summed E-state index contributed by atoms with van der Waals surface area (Å²) in [6, 6.07) is 0.696. The van der Waals surface area contributed by atoms with E-state index in [0.29, 0.717) is 17.6 Å². The van der Waals surface area contributed by atoms with Crippen LogP contribution in [-0.2, 0) is 4.74 Å². The molecular weight excluding hydrogens is 222 g/mol. The lowest BCUT2D eigenvalue weighted by molar-refractivity contribution is 0.0261. The minimum atomic E-state index is 0.475. The van der Waals surface area contributed by atoms with Crippen LogP contribution < -0.4 is 5.32 Å². The largest absolute Gasteiger partial charge is 0.377 e. The number of hydrogen-bond acceptors (Lipinski definition) is 2. The first-order chi connectivity index (χ1) is 8.68. The molecule has 0 aromatic heterocycles. The number of nitrogens with one attached hydrogen (secondary N) is 1. The maximum Gasteiger partial charge on any atom is 0.0594 e. The first kappa shape index (κ1) is 14.3. The van der Waals surface area contributed by atoms with Crippen LogP contribution in [0.4, 0.5) is 0 Å². The van der Waals surface area contributed by atoms with E-state index in [4.69, 9.17) is 4.74 Å². The van der Waals surface area contributed by atoms with E-state index in [2.05, 4.69) is 19.2 Å². The van der Waals surface area contributed by atoms with Gasteiger partial charge >= 0.3 is 0 Å². The van der Waals surface area contributed by atoms with Crippen molar-refractivity contribution in [3.05, 3.63) is 0 Å². The van der Waals surface area contributed by atoms with Crippen molar-refractivity contribution in [3.8, 4) is 0 Å². The molecule has 0 aromatic rings. The molecule has 1 N–H and O–H groups in total. The molecule has 106 valence electrons. The second kappa shape index (κ2) is 6.91. The minimum Gasteiger partial charge on any atom is -0.377 e. The van der Waals surface area contributed by atoms with Crippen LogP contribution in [0.1, 0.15) is 71.6 Å². The highest BCUT2D eigenvalue weighted by atomic mass is 16.5. The van der Waals surface area contributed by atoms with Crippen molar-refractivity contribution in [2.75, 3.05) is 13.2 Å². The van der Waals surface area contributed by atoms with Crippen LogP contribution in [0.3, 0.4) is 0 Å². The summed E-state index contributed by atoms with van der Waals surface area (Å²) in [5.74, 6) is 0. The predicted molar refractivity (Wildman–Crippen MR) is 76.9 cm³/mol. The summed E-state index contributed by atoms with van der Waals surface area (Å²) in [7, 11) is 0. The first-order valence-electron chi connectivity index (χ1n) is 8.03. The monoisotopic (exact) mass is 253 g/mol. The molecule has 0 spiro atoms. The van der Waals surface area contributed by atoms with E-state index >= 15 is 0 Å². The lowest BCUT2D eigenvalue weighted by Crippen LogP contribution is -2.45. The Morgan fingerprint density at radius 3 is 2.44 bits per heavy atom. The van der Waals surface area contributed by atoms with Gasteiger partial charge in [-0.3, -0.25) is 0 Å². The second-order valence-electron chi connectivity index (χ2n) is 6.87. The molecular formula is C16H31NO. The number of rotatable bonds is 5. The molecule has 2 aliphatic rings. The molecule has 0 heterocycles. The molecule has 2 heteroatoms. The molecule has 2 fully saturated rings. The number of ether oxygens (including phenoxy) is 1. The lowest BCUT2D eigenvalue weighted by atomic mass is 9.73. The van der Waals surface area contributed by atoms with Gasteiger partial charge in [-0.05, 0) is 31.1 Å². The van der Waals surface area contributed by atoms with Crippen molar-refractivity contribution in [1.29, 1.82) is 0 Å². The Kier molecular flexibility index (Phi) is 5.50. The maximum absolute atomic E-state index is 5.98. The topological polar surface area (TPSA) is 21.3 Å². The van der Waals surface area contributed by atoms with E-state index in [1.807, 2.05) is 0 Å². The third kappa shape index (κ3) is 4.24. The SMILES string of the molecule is CC1(C)CCCCC1NCCOC1CCCCC1. The Balaban J connectivity index is 1.59. The van der Waals surface area contributed by atoms with E-state index in [1.54, 1.807) is 0 Å². The molecule has 1 atom stereocenters. The first-order valence-corrected chi connectivity index (χ1v) is 8.03. The van der Waals surface area contributed by atoms with Gasteiger partial charge in [-0.2, -0.15) is 0 Å². The fraction of sp³-hybridized carbons (Fsp3) is 1.00. The fourth-order valence-corrected chi connectivity index (χ4v) is 3.56. The summed E-state index contributed by atoms with van der Waals surface area (Å²) >= 11 is 0. The van der Waals surface area contributed by atoms with Gasteiger partial charge in [-0.25, -0.2) is 0 Å². The Labute approximate surface area is 113 Å². The standard InChI is InChI=1S/C16H31NO/c1-16(2)11-7-6-10-15(16)17-12-13-18-14-8-4-3-5-9-14/h14-15,17H,3-13H2,1-2H3. The summed E-state index contributed by atoms with van der Waals surface area (Å²) in [6.07, 6.45) is 12.8. The Hall–Kier alpha value is -0.0800. The van der Waals surface area contributed by atoms with Gasteiger partial charge in [0.1, 0.15) is 0 Å². The van der Waals surface area contributed by atoms with Gasteiger partial charge in [0.15, 0.2) is 0 Å². The summed E-state index contributed by atoms with van der Waals surface area (Å²) in [5.41, 5.74) is 0.475. The van der Waals surface area contributed by atoms with Crippen molar-refractivity contribution in [1.82, 2.24) is 5.32 Å². The molecule has 2 aliphatic carbocycles. The smallest absolute Gasteiger partial charge is 0.0594 e. The van der Waals surface area contributed by atoms with E-state index in [-0.39, 0.29) is 0 Å². The molecule has 2 nitrogen and oxygen atoms in total. The van der Waals surface area contributed by atoms with Gasteiger partial charge in [0, 0.05) is 12.6 Å². The van der Waals surface area contributed by atoms with E-state index < -0.39 is 0 Å². The highest BCUT2D eigenvalue weighted by Crippen LogP contribution is 2.35. The quantitative estimate of drug-likeness (QED) is 0.750. The molecule has 0 radical (unpaired) electrons. The molecule has 18 heavy (non-hydrogen) atoms. The highest BCUT2D eigenvalue weighted by molar-refractivity contribution is 4.87. The Morgan fingerprint density at radius 2 is 1.72 bits per heavy atom. The molecule has 2 saturated carbocycles. The van der Waals surface area contributed by atoms with Crippen LogP contribution in [0, 0.1) is 5.41 Å². The average Bonchev–Trinajstić information content (AvgIpc) is 2.37. The molecule has 0 bridgehead atoms. The molecule has 1 unspecified atom stereocenters. The summed E-state index contributed by atoms with van der Waals surface area (Å²) in [5, 5.41) is 3.73. The Morgan fingerprint density at radius 1 is 1.00 bits per heavy atom. The van der Waals surface area contributed by atoms with E-state index in [9.17, 15) is 0 Å². The van der Waals surface area contributed by atoms with Gasteiger partial charge in [0.2, 0.25) is 0 Å². The van der Waals surface area contributed by atoms with Gasteiger partial charge in [0.25, 0.3) is 0 Å². The van der Waals surface area contributed by atoms with Crippen LogP contribution in [0.25, 0.3) is 0 Å². The second-order valence-corrected chi connectivity index (χ2v) is 6.87. The summed E-state index contributed by atoms with van der Waals surface area (Å²) in [4.78, 5) is 0. The van der Waals surface area contributed by atoms with Crippen LogP contribution in [0.2, 0.25) is 0 Å². The summed E-state index contributed by atoms with van der Waals surface area (Å²) in [6.45, 7) is 6.75. The van der Waals surface area contributed by atoms with E-state index in [0.717, 1.165) is 13.2 Å². The minimum absolute atomic E-state index is 0.475. The van der Waals surface area contributed by atoms with Crippen molar-refractivity contribution in [2.24, 2.45) is 5.41 Å². The molecule has 2 rings (SSSR count). The van der Waals surface area contributed by atoms with Crippen molar-refractivity contribution in [2.45, 2.75) is 83.8 Å². The molecule has 0 aromatic carbocycles. The molecule has 0 amide bonds. The normalized spacial score (nSPS) is 29.3. The van der Waals surface area contributed by atoms with Crippen molar-refractivity contribution < 1.29 is 4.74 Å². The zero-order valence-corrected chi connectivity index (χ0v) is 12.3. The van der Waals surface area contributed by atoms with Crippen molar-refractivity contribution in [3.63, 3.8) is 0 Å². The zero-order chi connectivity index (χ0) is 12.8. The van der Waals surface area contributed by atoms with Gasteiger partial charge < -0.3 is 10.1 Å². The molecule has 0 aliphatic heterocycles. The average molecular weight is 253 g/mol. The third-order valence-corrected chi connectivity index (χ3v) is 4.91. The maximum atomic E-state index is 5.98. The number of hydrogen-bond donors (Lipinski definition) is 1. The van der Waals surface area contributed by atoms with Gasteiger partial charge in [-0.1, -0.05) is 46.0 Å². The van der Waals surface area contributed by atoms with Crippen LogP contribution >= 0.6 is 0 Å². The predicted octanol–water partition coefficient (Wildman–Crippen LogP) is 3.89. The van der Waals surface area contributed by atoms with Crippen LogP contribution in [-0.4, -0.2) is 25.3 Å². The zero-order valence-electron chi connectivity index (χ0n) is 12.3. The molecule has 0 saturated heterocycles. The Bertz CT molecular complexity index is 233. The van der Waals surface area contributed by atoms with Gasteiger partial charge in [0.05, 0.1) is 12.7 Å². The van der Waals surface area contributed by atoms with Crippen LogP contribution in [0.5, 0.6) is 0 Å². The lowest BCUT2D eigenvalue weighted by Gasteiger charge is -2.39. The fourth-order valence-electron chi connectivity index (χ4n) is 3.56. The van der Waals surface area contributed by atoms with Crippen LogP contribution in [0.15, 0.2) is 0 Å². The third-order valence-electron chi connectivity index (χ3n) is 4.91. The summed E-state index contributed by atoms with van der Waals surface area (Å²) < 4.78 is 5.98. The highest BCUT2D eigenvalue weighted by Gasteiger charge is 2.31. The van der Waals surface area contributed by atoms with E-state index in [1.165, 1.54) is 57.8 Å². The van der Waals surface area contributed by atoms with Crippen molar-refractivity contribution >= 4 is 0 Å².